The Hall–Kier alpha value is -3.21. The third-order valence-corrected chi connectivity index (χ3v) is 6.49. The lowest BCUT2D eigenvalue weighted by Crippen LogP contribution is -2.45. The first-order valence-corrected chi connectivity index (χ1v) is 11.5. The number of hydrazine groups is 1. The Morgan fingerprint density at radius 2 is 1.82 bits per heavy atom. The average molecular weight is 505 g/mol. The van der Waals surface area contributed by atoms with Gasteiger partial charge in [-0.3, -0.25) is 10.2 Å². The topological polar surface area (TPSA) is 119 Å². The van der Waals surface area contributed by atoms with E-state index in [0.29, 0.717) is 38.3 Å². The molecule has 12 heteroatoms. The fourth-order valence-electron chi connectivity index (χ4n) is 4.14. The van der Waals surface area contributed by atoms with Crippen LogP contribution in [0.2, 0.25) is 10.0 Å². The molecule has 0 spiro atoms. The number of anilines is 1. The monoisotopic (exact) mass is 504 g/mol. The summed E-state index contributed by atoms with van der Waals surface area (Å²) in [4.78, 5) is 29.8. The molecule has 10 nitrogen and oxygen atoms in total. The molecule has 178 valence electrons. The summed E-state index contributed by atoms with van der Waals surface area (Å²) in [7, 11) is 0. The molecule has 2 aliphatic heterocycles. The normalized spacial score (nSPS) is 15.4. The Kier molecular flexibility index (Phi) is 6.36. The summed E-state index contributed by atoms with van der Waals surface area (Å²) in [6.07, 6.45) is 1.81. The number of fused-ring (bicyclic) bond motifs is 2. The van der Waals surface area contributed by atoms with Crippen molar-refractivity contribution in [1.29, 1.82) is 0 Å². The summed E-state index contributed by atoms with van der Waals surface area (Å²) < 4.78 is 12.4. The predicted octanol–water partition coefficient (Wildman–Crippen LogP) is 3.39. The van der Waals surface area contributed by atoms with Crippen molar-refractivity contribution in [2.24, 2.45) is 0 Å². The minimum Gasteiger partial charge on any atom is -0.454 e. The number of amides is 3. The maximum atomic E-state index is 12.7. The van der Waals surface area contributed by atoms with Crippen LogP contribution in [0.25, 0.3) is 11.0 Å². The molecule has 1 saturated heterocycles. The zero-order valence-corrected chi connectivity index (χ0v) is 19.5. The van der Waals surface area contributed by atoms with E-state index in [2.05, 4.69) is 21.5 Å². The van der Waals surface area contributed by atoms with Gasteiger partial charge in [0.15, 0.2) is 11.5 Å². The van der Waals surface area contributed by atoms with Crippen LogP contribution in [0.1, 0.15) is 24.6 Å². The number of rotatable bonds is 4. The molecule has 1 fully saturated rings. The molecule has 3 heterocycles. The Morgan fingerprint density at radius 3 is 2.65 bits per heavy atom. The second-order valence-electron chi connectivity index (χ2n) is 8.03. The fourth-order valence-corrected chi connectivity index (χ4v) is 4.46. The van der Waals surface area contributed by atoms with E-state index in [9.17, 15) is 9.59 Å². The standard InChI is InChI=1S/C22H22Cl2N6O4/c23-14-8-16-17(9-15(14)24)30(21(27-16)12-3-5-25-6-4-12)10-20(31)28-29-22(32)26-13-1-2-18-19(7-13)34-11-33-18/h1-2,7-9,12,25H,3-6,10-11H2,(H,28,31)(H2,26,29,32). The second-order valence-corrected chi connectivity index (χ2v) is 8.85. The molecule has 2 aliphatic rings. The van der Waals surface area contributed by atoms with Crippen molar-refractivity contribution in [1.82, 2.24) is 25.7 Å². The van der Waals surface area contributed by atoms with Crippen molar-refractivity contribution in [3.8, 4) is 11.5 Å². The number of urea groups is 1. The number of imidazole rings is 1. The van der Waals surface area contributed by atoms with Crippen LogP contribution in [0.4, 0.5) is 10.5 Å². The Balaban J connectivity index is 1.27. The van der Waals surface area contributed by atoms with E-state index < -0.39 is 11.9 Å². The lowest BCUT2D eigenvalue weighted by molar-refractivity contribution is -0.122. The van der Waals surface area contributed by atoms with Gasteiger partial charge in [-0.05, 0) is 50.2 Å². The number of nitrogens with zero attached hydrogens (tertiary/aromatic N) is 2. The molecule has 2 aromatic carbocycles. The average Bonchev–Trinajstić information content (AvgIpc) is 3.43. The Bertz CT molecular complexity index is 1260. The highest BCUT2D eigenvalue weighted by Gasteiger charge is 2.24. The van der Waals surface area contributed by atoms with Crippen LogP contribution < -0.4 is 31.0 Å². The van der Waals surface area contributed by atoms with Crippen LogP contribution in [-0.4, -0.2) is 41.4 Å². The second kappa shape index (κ2) is 9.57. The minimum atomic E-state index is -0.601. The van der Waals surface area contributed by atoms with Crippen molar-refractivity contribution in [2.75, 3.05) is 25.2 Å². The van der Waals surface area contributed by atoms with Crippen LogP contribution in [0, 0.1) is 0 Å². The van der Waals surface area contributed by atoms with Gasteiger partial charge in [0, 0.05) is 17.7 Å². The van der Waals surface area contributed by atoms with Gasteiger partial charge in [-0.1, -0.05) is 23.2 Å². The van der Waals surface area contributed by atoms with Gasteiger partial charge in [-0.25, -0.2) is 15.2 Å². The largest absolute Gasteiger partial charge is 0.454 e. The van der Waals surface area contributed by atoms with E-state index in [4.69, 9.17) is 37.7 Å². The molecule has 3 aromatic rings. The molecule has 5 rings (SSSR count). The van der Waals surface area contributed by atoms with Crippen LogP contribution >= 0.6 is 23.2 Å². The molecule has 3 amide bonds. The Labute approximate surface area is 204 Å². The highest BCUT2D eigenvalue weighted by Crippen LogP contribution is 2.34. The minimum absolute atomic E-state index is 0.0436. The van der Waals surface area contributed by atoms with Gasteiger partial charge in [-0.15, -0.1) is 0 Å². The first-order valence-electron chi connectivity index (χ1n) is 10.8. The first kappa shape index (κ1) is 22.6. The quantitative estimate of drug-likeness (QED) is 0.404. The van der Waals surface area contributed by atoms with Gasteiger partial charge in [0.2, 0.25) is 6.79 Å². The summed E-state index contributed by atoms with van der Waals surface area (Å²) in [5.74, 6) is 1.73. The van der Waals surface area contributed by atoms with Crippen LogP contribution in [-0.2, 0) is 11.3 Å². The molecule has 0 bridgehead atoms. The number of carbonyl (C=O) groups is 2. The molecular weight excluding hydrogens is 483 g/mol. The van der Waals surface area contributed by atoms with E-state index in [-0.39, 0.29) is 19.3 Å². The number of hydrogen-bond acceptors (Lipinski definition) is 6. The summed E-state index contributed by atoms with van der Waals surface area (Å²) in [6, 6.07) is 7.82. The molecule has 0 unspecified atom stereocenters. The SMILES string of the molecule is O=C(Cn1c(C2CCNCC2)nc2cc(Cl)c(Cl)cc21)NNC(=O)Nc1ccc2c(c1)OCO2. The first-order chi connectivity index (χ1) is 16.5. The van der Waals surface area contributed by atoms with Crippen LogP contribution in [0.5, 0.6) is 11.5 Å². The van der Waals surface area contributed by atoms with Gasteiger partial charge in [0.05, 0.1) is 21.1 Å². The van der Waals surface area contributed by atoms with Crippen LogP contribution in [0.15, 0.2) is 30.3 Å². The summed E-state index contributed by atoms with van der Waals surface area (Å²) in [6.45, 7) is 1.85. The van der Waals surface area contributed by atoms with Gasteiger partial charge >= 0.3 is 6.03 Å². The molecule has 0 saturated carbocycles. The summed E-state index contributed by atoms with van der Waals surface area (Å²) >= 11 is 12.4. The smallest absolute Gasteiger partial charge is 0.337 e. The van der Waals surface area contributed by atoms with Crippen molar-refractivity contribution in [2.45, 2.75) is 25.3 Å². The zero-order valence-electron chi connectivity index (χ0n) is 18.0. The van der Waals surface area contributed by atoms with Crippen molar-refractivity contribution < 1.29 is 19.1 Å². The number of aromatic nitrogens is 2. The van der Waals surface area contributed by atoms with Crippen LogP contribution in [0.3, 0.4) is 0 Å². The number of hydrogen-bond donors (Lipinski definition) is 4. The number of nitrogens with one attached hydrogen (secondary N) is 4. The van der Waals surface area contributed by atoms with Gasteiger partial charge in [0.1, 0.15) is 12.4 Å². The van der Waals surface area contributed by atoms with Crippen molar-refractivity contribution in [3.05, 3.63) is 46.2 Å². The molecule has 4 N–H and O–H groups in total. The zero-order chi connectivity index (χ0) is 23.7. The van der Waals surface area contributed by atoms with Gasteiger partial charge in [0.25, 0.3) is 5.91 Å². The molecule has 1 aromatic heterocycles. The highest BCUT2D eigenvalue weighted by atomic mass is 35.5. The molecule has 0 aliphatic carbocycles. The summed E-state index contributed by atoms with van der Waals surface area (Å²) in [5, 5.41) is 6.76. The molecule has 34 heavy (non-hydrogen) atoms. The third-order valence-electron chi connectivity index (χ3n) is 5.77. The van der Waals surface area contributed by atoms with E-state index in [0.717, 1.165) is 31.8 Å². The lowest BCUT2D eigenvalue weighted by Gasteiger charge is -2.23. The molecule has 0 atom stereocenters. The van der Waals surface area contributed by atoms with E-state index >= 15 is 0 Å². The molecular formula is C22H22Cl2N6O4. The number of benzene rings is 2. The molecule has 0 radical (unpaired) electrons. The van der Waals surface area contributed by atoms with Crippen molar-refractivity contribution in [3.63, 3.8) is 0 Å². The number of ether oxygens (including phenoxy) is 2. The predicted molar refractivity (Wildman–Crippen MR) is 127 cm³/mol. The van der Waals surface area contributed by atoms with E-state index in [1.165, 1.54) is 0 Å². The third kappa shape index (κ3) is 4.70. The van der Waals surface area contributed by atoms with Crippen molar-refractivity contribution >= 4 is 51.9 Å². The number of piperidine rings is 1. The highest BCUT2D eigenvalue weighted by molar-refractivity contribution is 6.42. The maximum Gasteiger partial charge on any atom is 0.337 e. The lowest BCUT2D eigenvalue weighted by atomic mass is 9.97. The summed E-state index contributed by atoms with van der Waals surface area (Å²) in [5.41, 5.74) is 6.68. The maximum absolute atomic E-state index is 12.7. The van der Waals surface area contributed by atoms with Gasteiger partial charge < -0.3 is 24.7 Å². The number of carbonyl (C=O) groups excluding carboxylic acids is 2. The van der Waals surface area contributed by atoms with E-state index in [1.807, 2.05) is 4.57 Å². The fraction of sp³-hybridized carbons (Fsp3) is 0.318. The van der Waals surface area contributed by atoms with Gasteiger partial charge in [-0.2, -0.15) is 0 Å². The number of halogens is 2. The van der Waals surface area contributed by atoms with E-state index in [1.54, 1.807) is 30.3 Å². The Morgan fingerprint density at radius 1 is 1.06 bits per heavy atom.